The topological polar surface area (TPSA) is 78.9 Å². The third kappa shape index (κ3) is 6.90. The zero-order valence-electron chi connectivity index (χ0n) is 19.5. The van der Waals surface area contributed by atoms with Gasteiger partial charge in [0.15, 0.2) is 0 Å². The van der Waals surface area contributed by atoms with Gasteiger partial charge in [0.2, 0.25) is 0 Å². The van der Waals surface area contributed by atoms with Crippen molar-refractivity contribution in [2.75, 3.05) is 0 Å². The quantitative estimate of drug-likeness (QED) is 0.224. The molecule has 0 unspecified atom stereocenters. The Bertz CT molecular complexity index is 1140. The summed E-state index contributed by atoms with van der Waals surface area (Å²) in [4.78, 5) is 38.4. The average molecular weight is 481 g/mol. The van der Waals surface area contributed by atoms with Gasteiger partial charge in [-0.1, -0.05) is 91.0 Å². The number of carbonyl (C=O) groups excluding carboxylic acids is 3. The maximum absolute atomic E-state index is 12.8. The lowest BCUT2D eigenvalue weighted by molar-refractivity contribution is 0.0468. The standard InChI is InChI=1S/C30H24O6/c31-28(34-19-22-10-4-1-5-11-22)25-16-26(29(32)35-20-23-12-6-2-7-13-23)18-27(17-25)30(33)36-21-24-14-8-3-9-15-24/h1-18H,19-21H2. The molecule has 0 amide bonds. The van der Waals surface area contributed by atoms with Gasteiger partial charge in [0.05, 0.1) is 16.7 Å². The minimum Gasteiger partial charge on any atom is -0.457 e. The SMILES string of the molecule is O=C(OCc1ccccc1)c1cc(C(=O)OCc2ccccc2)cc(C(=O)OCc2ccccc2)c1. The largest absolute Gasteiger partial charge is 0.457 e. The predicted molar refractivity (Wildman–Crippen MR) is 133 cm³/mol. The first-order valence-electron chi connectivity index (χ1n) is 11.4. The second-order valence-corrected chi connectivity index (χ2v) is 7.98. The van der Waals surface area contributed by atoms with Crippen LogP contribution in [0.5, 0.6) is 0 Å². The van der Waals surface area contributed by atoms with Gasteiger partial charge in [0, 0.05) is 0 Å². The molecule has 0 radical (unpaired) electrons. The van der Waals surface area contributed by atoms with Gasteiger partial charge in [-0.25, -0.2) is 14.4 Å². The number of esters is 3. The first-order chi connectivity index (χ1) is 17.6. The summed E-state index contributed by atoms with van der Waals surface area (Å²) in [5, 5.41) is 0. The lowest BCUT2D eigenvalue weighted by Crippen LogP contribution is -2.13. The minimum atomic E-state index is -0.673. The Morgan fingerprint density at radius 2 is 0.667 bits per heavy atom. The zero-order chi connectivity index (χ0) is 25.2. The van der Waals surface area contributed by atoms with Crippen molar-refractivity contribution in [3.63, 3.8) is 0 Å². The van der Waals surface area contributed by atoms with Gasteiger partial charge >= 0.3 is 17.9 Å². The fraction of sp³-hybridized carbons (Fsp3) is 0.100. The summed E-state index contributed by atoms with van der Waals surface area (Å²) >= 11 is 0. The van der Waals surface area contributed by atoms with Crippen LogP contribution in [0, 0.1) is 0 Å². The van der Waals surface area contributed by atoms with Crippen molar-refractivity contribution < 1.29 is 28.6 Å². The molecule has 0 saturated carbocycles. The number of benzene rings is 4. The highest BCUT2D eigenvalue weighted by atomic mass is 16.5. The molecule has 0 aliphatic carbocycles. The summed E-state index contributed by atoms with van der Waals surface area (Å²) in [5.74, 6) is -2.02. The number of hydrogen-bond donors (Lipinski definition) is 0. The van der Waals surface area contributed by atoms with E-state index in [0.29, 0.717) is 0 Å². The van der Waals surface area contributed by atoms with Crippen LogP contribution in [0.3, 0.4) is 0 Å². The normalized spacial score (nSPS) is 10.3. The highest BCUT2D eigenvalue weighted by Gasteiger charge is 2.19. The summed E-state index contributed by atoms with van der Waals surface area (Å²) in [6.45, 7) is 0.155. The Morgan fingerprint density at radius 3 is 0.917 bits per heavy atom. The molecular weight excluding hydrogens is 456 g/mol. The Labute approximate surface area is 209 Å². The van der Waals surface area contributed by atoms with E-state index in [9.17, 15) is 14.4 Å². The molecule has 0 atom stereocenters. The van der Waals surface area contributed by atoms with Crippen molar-refractivity contribution in [3.05, 3.63) is 143 Å². The molecule has 4 aromatic carbocycles. The van der Waals surface area contributed by atoms with Crippen LogP contribution in [0.2, 0.25) is 0 Å². The molecule has 0 spiro atoms. The molecule has 0 fully saturated rings. The van der Waals surface area contributed by atoms with Gasteiger partial charge in [0.1, 0.15) is 19.8 Å². The van der Waals surface area contributed by atoms with Crippen molar-refractivity contribution >= 4 is 17.9 Å². The maximum atomic E-state index is 12.8. The summed E-state index contributed by atoms with van der Waals surface area (Å²) in [5.41, 5.74) is 2.58. The third-order valence-corrected chi connectivity index (χ3v) is 5.28. The molecule has 0 heterocycles. The molecule has 180 valence electrons. The number of ether oxygens (including phenoxy) is 3. The van der Waals surface area contributed by atoms with Crippen molar-refractivity contribution in [2.45, 2.75) is 19.8 Å². The molecular formula is C30H24O6. The fourth-order valence-electron chi connectivity index (χ4n) is 3.40. The highest BCUT2D eigenvalue weighted by molar-refractivity contribution is 6.00. The molecule has 4 rings (SSSR count). The van der Waals surface area contributed by atoms with Gasteiger partial charge in [-0.3, -0.25) is 0 Å². The van der Waals surface area contributed by atoms with E-state index in [2.05, 4.69) is 0 Å². The van der Waals surface area contributed by atoms with Gasteiger partial charge in [-0.2, -0.15) is 0 Å². The second-order valence-electron chi connectivity index (χ2n) is 7.98. The molecule has 0 aliphatic rings. The molecule has 0 bridgehead atoms. The van der Waals surface area contributed by atoms with Gasteiger partial charge < -0.3 is 14.2 Å². The number of rotatable bonds is 9. The van der Waals surface area contributed by atoms with E-state index in [-0.39, 0.29) is 36.5 Å². The van der Waals surface area contributed by atoms with E-state index >= 15 is 0 Å². The molecule has 4 aromatic rings. The monoisotopic (exact) mass is 480 g/mol. The van der Waals surface area contributed by atoms with Crippen LogP contribution in [-0.4, -0.2) is 17.9 Å². The van der Waals surface area contributed by atoms with Crippen molar-refractivity contribution in [1.29, 1.82) is 0 Å². The van der Waals surface area contributed by atoms with Crippen molar-refractivity contribution in [2.24, 2.45) is 0 Å². The Balaban J connectivity index is 1.52. The van der Waals surface area contributed by atoms with Crippen LogP contribution in [-0.2, 0) is 34.0 Å². The van der Waals surface area contributed by atoms with Crippen LogP contribution in [0.15, 0.2) is 109 Å². The molecule has 6 heteroatoms. The zero-order valence-corrected chi connectivity index (χ0v) is 19.5. The predicted octanol–water partition coefficient (Wildman–Crippen LogP) is 5.76. The molecule has 0 saturated heterocycles. The van der Waals surface area contributed by atoms with E-state index in [1.807, 2.05) is 91.0 Å². The van der Waals surface area contributed by atoms with Crippen molar-refractivity contribution in [3.8, 4) is 0 Å². The van der Waals surface area contributed by atoms with Crippen molar-refractivity contribution in [1.82, 2.24) is 0 Å². The smallest absolute Gasteiger partial charge is 0.338 e. The maximum Gasteiger partial charge on any atom is 0.338 e. The van der Waals surface area contributed by atoms with E-state index < -0.39 is 17.9 Å². The lowest BCUT2D eigenvalue weighted by Gasteiger charge is -2.11. The van der Waals surface area contributed by atoms with E-state index in [1.165, 1.54) is 18.2 Å². The summed E-state index contributed by atoms with van der Waals surface area (Å²) in [6, 6.07) is 31.7. The van der Waals surface area contributed by atoms with Crippen LogP contribution in [0.4, 0.5) is 0 Å². The van der Waals surface area contributed by atoms with Gasteiger partial charge in [0.25, 0.3) is 0 Å². The molecule has 6 nitrogen and oxygen atoms in total. The molecule has 0 N–H and O–H groups in total. The van der Waals surface area contributed by atoms with Crippen LogP contribution in [0.25, 0.3) is 0 Å². The van der Waals surface area contributed by atoms with Crippen LogP contribution >= 0.6 is 0 Å². The second kappa shape index (κ2) is 12.1. The van der Waals surface area contributed by atoms with Crippen LogP contribution in [0.1, 0.15) is 47.8 Å². The number of hydrogen-bond acceptors (Lipinski definition) is 6. The lowest BCUT2D eigenvalue weighted by atomic mass is 10.1. The summed E-state index contributed by atoms with van der Waals surface area (Å²) in [6.07, 6.45) is 0. The third-order valence-electron chi connectivity index (χ3n) is 5.28. The first kappa shape index (κ1) is 24.4. The highest BCUT2D eigenvalue weighted by Crippen LogP contribution is 2.17. The molecule has 0 aromatic heterocycles. The fourth-order valence-corrected chi connectivity index (χ4v) is 3.40. The van der Waals surface area contributed by atoms with Gasteiger partial charge in [-0.05, 0) is 34.9 Å². The van der Waals surface area contributed by atoms with E-state index in [4.69, 9.17) is 14.2 Å². The Kier molecular flexibility index (Phi) is 8.22. The minimum absolute atomic E-state index is 0.0479. The van der Waals surface area contributed by atoms with Gasteiger partial charge in [-0.15, -0.1) is 0 Å². The van der Waals surface area contributed by atoms with Crippen LogP contribution < -0.4 is 0 Å². The molecule has 0 aliphatic heterocycles. The summed E-state index contributed by atoms with van der Waals surface area (Å²) < 4.78 is 16.2. The Hall–Kier alpha value is -4.71. The first-order valence-corrected chi connectivity index (χ1v) is 11.4. The molecule has 36 heavy (non-hydrogen) atoms. The number of carbonyl (C=O) groups is 3. The van der Waals surface area contributed by atoms with E-state index in [1.54, 1.807) is 0 Å². The Morgan fingerprint density at radius 1 is 0.417 bits per heavy atom. The summed E-state index contributed by atoms with van der Waals surface area (Å²) in [7, 11) is 0. The van der Waals surface area contributed by atoms with E-state index in [0.717, 1.165) is 16.7 Å². The average Bonchev–Trinajstić information content (AvgIpc) is 2.94.